The number of methoxy groups -OCH3 is 1. The number of carbonyl (C=O) groups excluding carboxylic acids is 1. The zero-order valence-electron chi connectivity index (χ0n) is 20.2. The van der Waals surface area contributed by atoms with Crippen molar-refractivity contribution in [1.29, 1.82) is 0 Å². The van der Waals surface area contributed by atoms with Crippen molar-refractivity contribution in [3.63, 3.8) is 0 Å². The van der Waals surface area contributed by atoms with Crippen molar-refractivity contribution in [3.8, 4) is 5.75 Å². The summed E-state index contributed by atoms with van der Waals surface area (Å²) in [6, 6.07) is 11.2. The molecule has 3 rings (SSSR count). The molecule has 1 heterocycles. The second-order valence-corrected chi connectivity index (χ2v) is 10.8. The lowest BCUT2D eigenvalue weighted by atomic mass is 9.97. The average molecular weight is 473 g/mol. The highest BCUT2D eigenvalue weighted by Gasteiger charge is 2.27. The van der Waals surface area contributed by atoms with Crippen molar-refractivity contribution in [2.45, 2.75) is 70.2 Å². The molecule has 2 aromatic carbocycles. The molecule has 33 heavy (non-hydrogen) atoms. The van der Waals surface area contributed by atoms with Crippen LogP contribution < -0.4 is 10.1 Å². The average Bonchev–Trinajstić information content (AvgIpc) is 2.82. The molecule has 1 saturated heterocycles. The van der Waals surface area contributed by atoms with Crippen LogP contribution in [0.5, 0.6) is 5.75 Å². The van der Waals surface area contributed by atoms with E-state index in [0.717, 1.165) is 36.8 Å². The molecule has 1 amide bonds. The normalized spacial score (nSPS) is 15.8. The highest BCUT2D eigenvalue weighted by molar-refractivity contribution is 7.89. The number of benzene rings is 2. The minimum Gasteiger partial charge on any atom is -0.496 e. The summed E-state index contributed by atoms with van der Waals surface area (Å²) >= 11 is 0. The van der Waals surface area contributed by atoms with Gasteiger partial charge in [-0.15, -0.1) is 0 Å². The Labute approximate surface area is 198 Å². The van der Waals surface area contributed by atoms with Crippen LogP contribution in [-0.2, 0) is 21.2 Å². The molecule has 0 unspecified atom stereocenters. The summed E-state index contributed by atoms with van der Waals surface area (Å²) in [5, 5.41) is 3.14. The van der Waals surface area contributed by atoms with Crippen molar-refractivity contribution >= 4 is 15.9 Å². The SMILES string of the molecule is CC[C@H](NC(=O)CCc1cc(S(=O)(=O)N2CCCCC2)ccc1OC)c1ccc(C)cc1C. The van der Waals surface area contributed by atoms with Crippen LogP contribution in [0.15, 0.2) is 41.3 Å². The van der Waals surface area contributed by atoms with Gasteiger partial charge in [-0.3, -0.25) is 4.79 Å². The van der Waals surface area contributed by atoms with Gasteiger partial charge in [-0.05, 0) is 74.4 Å². The molecular formula is C26H36N2O4S. The Bertz CT molecular complexity index is 1080. The summed E-state index contributed by atoms with van der Waals surface area (Å²) in [7, 11) is -1.98. The molecule has 1 aliphatic heterocycles. The van der Waals surface area contributed by atoms with Crippen LogP contribution in [0.1, 0.15) is 67.3 Å². The summed E-state index contributed by atoms with van der Waals surface area (Å²) in [6.45, 7) is 7.30. The van der Waals surface area contributed by atoms with Crippen molar-refractivity contribution < 1.29 is 17.9 Å². The molecule has 180 valence electrons. The van der Waals surface area contributed by atoms with E-state index in [2.05, 4.69) is 44.3 Å². The van der Waals surface area contributed by atoms with Crippen molar-refractivity contribution in [1.82, 2.24) is 9.62 Å². The van der Waals surface area contributed by atoms with Gasteiger partial charge in [0.2, 0.25) is 15.9 Å². The zero-order valence-corrected chi connectivity index (χ0v) is 21.0. The number of amides is 1. The van der Waals surface area contributed by atoms with Crippen molar-refractivity contribution in [3.05, 3.63) is 58.7 Å². The lowest BCUT2D eigenvalue weighted by Crippen LogP contribution is -2.35. The predicted molar refractivity (Wildman–Crippen MR) is 131 cm³/mol. The third-order valence-corrected chi connectivity index (χ3v) is 8.26. The Morgan fingerprint density at radius 2 is 1.82 bits per heavy atom. The number of rotatable bonds is 9. The standard InChI is InChI=1S/C26H36N2O4S/c1-5-24(23-12-9-19(2)17-20(23)3)27-26(29)14-10-21-18-22(11-13-25(21)32-4)33(30,31)28-15-7-6-8-16-28/h9,11-13,17-18,24H,5-8,10,14-16H2,1-4H3,(H,27,29)/t24-/m0/s1. The first-order valence-corrected chi connectivity index (χ1v) is 13.2. The molecule has 1 aliphatic rings. The van der Waals surface area contributed by atoms with Crippen LogP contribution in [0, 0.1) is 13.8 Å². The third kappa shape index (κ3) is 6.15. The second-order valence-electron chi connectivity index (χ2n) is 8.83. The highest BCUT2D eigenvalue weighted by atomic mass is 32.2. The quantitative estimate of drug-likeness (QED) is 0.575. The Morgan fingerprint density at radius 1 is 1.09 bits per heavy atom. The third-order valence-electron chi connectivity index (χ3n) is 6.37. The summed E-state index contributed by atoms with van der Waals surface area (Å²) in [5.74, 6) is 0.537. The molecule has 7 heteroatoms. The Balaban J connectivity index is 1.71. The van der Waals surface area contributed by atoms with Crippen LogP contribution in [0.4, 0.5) is 0 Å². The zero-order chi connectivity index (χ0) is 24.0. The van der Waals surface area contributed by atoms with Crippen molar-refractivity contribution in [2.75, 3.05) is 20.2 Å². The number of piperidine rings is 1. The molecule has 1 N–H and O–H groups in total. The van der Waals surface area contributed by atoms with Gasteiger partial charge in [-0.25, -0.2) is 8.42 Å². The Morgan fingerprint density at radius 3 is 2.45 bits per heavy atom. The molecule has 0 radical (unpaired) electrons. The number of aryl methyl sites for hydroxylation is 3. The van der Waals surface area contributed by atoms with Gasteiger partial charge in [0.05, 0.1) is 18.0 Å². The fraction of sp³-hybridized carbons (Fsp3) is 0.500. The molecule has 0 aromatic heterocycles. The fourth-order valence-electron chi connectivity index (χ4n) is 4.50. The van der Waals surface area contributed by atoms with Gasteiger partial charge >= 0.3 is 0 Å². The van der Waals surface area contributed by atoms with Gasteiger partial charge in [-0.2, -0.15) is 4.31 Å². The molecule has 0 spiro atoms. The first-order chi connectivity index (χ1) is 15.8. The van der Waals surface area contributed by atoms with Crippen LogP contribution in [-0.4, -0.2) is 38.8 Å². The van der Waals surface area contributed by atoms with Gasteiger partial charge in [0.1, 0.15) is 5.75 Å². The minimum absolute atomic E-state index is 0.0502. The maximum atomic E-state index is 13.1. The van der Waals surface area contributed by atoms with Gasteiger partial charge in [0.15, 0.2) is 0 Å². The van der Waals surface area contributed by atoms with Crippen LogP contribution >= 0.6 is 0 Å². The molecule has 1 fully saturated rings. The number of nitrogens with one attached hydrogen (secondary N) is 1. The van der Waals surface area contributed by atoms with Crippen LogP contribution in [0.25, 0.3) is 0 Å². The topological polar surface area (TPSA) is 75.7 Å². The fourth-order valence-corrected chi connectivity index (χ4v) is 6.06. The maximum absolute atomic E-state index is 13.1. The van der Waals surface area contributed by atoms with Crippen molar-refractivity contribution in [2.24, 2.45) is 0 Å². The van der Waals surface area contributed by atoms with Gasteiger partial charge in [-0.1, -0.05) is 37.1 Å². The van der Waals surface area contributed by atoms with Crippen LogP contribution in [0.2, 0.25) is 0 Å². The van der Waals surface area contributed by atoms with E-state index in [4.69, 9.17) is 4.74 Å². The molecule has 0 saturated carbocycles. The molecule has 0 bridgehead atoms. The van der Waals surface area contributed by atoms with E-state index < -0.39 is 10.0 Å². The number of hydrogen-bond acceptors (Lipinski definition) is 4. The molecular weight excluding hydrogens is 436 g/mol. The van der Waals surface area contributed by atoms with E-state index >= 15 is 0 Å². The van der Waals surface area contributed by atoms with Gasteiger partial charge in [0.25, 0.3) is 0 Å². The highest BCUT2D eigenvalue weighted by Crippen LogP contribution is 2.28. The van der Waals surface area contributed by atoms with E-state index in [-0.39, 0.29) is 23.3 Å². The lowest BCUT2D eigenvalue weighted by Gasteiger charge is -2.26. The molecule has 2 aromatic rings. The van der Waals surface area contributed by atoms with E-state index in [0.29, 0.717) is 25.3 Å². The molecule has 0 aliphatic carbocycles. The molecule has 6 nitrogen and oxygen atoms in total. The van der Waals surface area contributed by atoms with Gasteiger partial charge < -0.3 is 10.1 Å². The largest absolute Gasteiger partial charge is 0.496 e. The number of hydrogen-bond donors (Lipinski definition) is 1. The maximum Gasteiger partial charge on any atom is 0.243 e. The monoisotopic (exact) mass is 472 g/mol. The number of carbonyl (C=O) groups is 1. The van der Waals surface area contributed by atoms with E-state index in [1.54, 1.807) is 29.6 Å². The number of nitrogens with zero attached hydrogens (tertiary/aromatic N) is 1. The summed E-state index contributed by atoms with van der Waals surface area (Å²) in [6.07, 6.45) is 4.30. The minimum atomic E-state index is -3.54. The Kier molecular flexibility index (Phi) is 8.54. The van der Waals surface area contributed by atoms with Gasteiger partial charge in [0, 0.05) is 19.5 Å². The molecule has 1 atom stereocenters. The Hall–Kier alpha value is -2.38. The van der Waals surface area contributed by atoms with E-state index in [9.17, 15) is 13.2 Å². The van der Waals surface area contributed by atoms with E-state index in [1.165, 1.54) is 11.1 Å². The summed E-state index contributed by atoms with van der Waals surface area (Å²) in [4.78, 5) is 13.1. The summed E-state index contributed by atoms with van der Waals surface area (Å²) in [5.41, 5.74) is 4.22. The number of sulfonamides is 1. The number of ether oxygens (including phenoxy) is 1. The predicted octanol–water partition coefficient (Wildman–Crippen LogP) is 4.69. The second kappa shape index (κ2) is 11.2. The summed E-state index contributed by atoms with van der Waals surface area (Å²) < 4.78 is 33.2. The first-order valence-electron chi connectivity index (χ1n) is 11.8. The lowest BCUT2D eigenvalue weighted by molar-refractivity contribution is -0.121. The smallest absolute Gasteiger partial charge is 0.243 e. The van der Waals surface area contributed by atoms with Crippen LogP contribution in [0.3, 0.4) is 0 Å². The first kappa shape index (κ1) is 25.2. The van der Waals surface area contributed by atoms with E-state index in [1.807, 2.05) is 0 Å².